The first-order valence-electron chi connectivity index (χ1n) is 12.4. The molecule has 1 aliphatic carbocycles. The van der Waals surface area contributed by atoms with Crippen molar-refractivity contribution in [1.82, 2.24) is 25.4 Å². The fourth-order valence-corrected chi connectivity index (χ4v) is 5.57. The van der Waals surface area contributed by atoms with Gasteiger partial charge in [0.05, 0.1) is 17.1 Å². The fourth-order valence-electron chi connectivity index (χ4n) is 5.18. The van der Waals surface area contributed by atoms with E-state index in [1.54, 1.807) is 16.9 Å². The number of anilines is 1. The van der Waals surface area contributed by atoms with Crippen molar-refractivity contribution in [3.05, 3.63) is 51.9 Å². The minimum Gasteiger partial charge on any atom is -0.382 e. The Morgan fingerprint density at radius 1 is 1.08 bits per heavy atom. The number of pyridine rings is 1. The Hall–Kier alpha value is -2.56. The lowest BCUT2D eigenvalue weighted by Crippen LogP contribution is -2.41. The van der Waals surface area contributed by atoms with Crippen LogP contribution in [0.25, 0.3) is 10.9 Å². The van der Waals surface area contributed by atoms with Gasteiger partial charge < -0.3 is 16.0 Å². The summed E-state index contributed by atoms with van der Waals surface area (Å²) in [5.41, 5.74) is -0.100. The molecular weight excluding hydrogens is 528 g/mol. The maximum Gasteiger partial charge on any atom is 0.433 e. The van der Waals surface area contributed by atoms with Crippen LogP contribution in [0.15, 0.2) is 30.5 Å². The summed E-state index contributed by atoms with van der Waals surface area (Å²) in [4.78, 5) is 16.8. The van der Waals surface area contributed by atoms with Crippen LogP contribution in [0.3, 0.4) is 0 Å². The number of carbonyl (C=O) groups is 1. The van der Waals surface area contributed by atoms with Crippen molar-refractivity contribution in [3.63, 3.8) is 0 Å². The molecule has 5 rings (SSSR count). The van der Waals surface area contributed by atoms with Gasteiger partial charge in [0.1, 0.15) is 5.69 Å². The number of nitrogens with one attached hydrogen (secondary N) is 3. The molecule has 2 aromatic heterocycles. The number of alkyl halides is 3. The highest BCUT2D eigenvalue weighted by Crippen LogP contribution is 2.35. The first kappa shape index (κ1) is 26.1. The highest BCUT2D eigenvalue weighted by Gasteiger charge is 2.34. The maximum atomic E-state index is 13.5. The van der Waals surface area contributed by atoms with Gasteiger partial charge in [-0.25, -0.2) is 4.98 Å². The average Bonchev–Trinajstić information content (AvgIpc) is 3.26. The van der Waals surface area contributed by atoms with E-state index in [2.05, 4.69) is 26.0 Å². The van der Waals surface area contributed by atoms with Crippen LogP contribution in [0.4, 0.5) is 18.9 Å². The number of aromatic nitrogens is 3. The van der Waals surface area contributed by atoms with Crippen molar-refractivity contribution in [2.75, 3.05) is 18.4 Å². The smallest absolute Gasteiger partial charge is 0.382 e. The van der Waals surface area contributed by atoms with Crippen molar-refractivity contribution in [1.29, 1.82) is 0 Å². The molecule has 1 aromatic carbocycles. The quantitative estimate of drug-likeness (QED) is 0.369. The van der Waals surface area contributed by atoms with E-state index in [9.17, 15) is 18.0 Å². The predicted octanol–water partition coefficient (Wildman–Crippen LogP) is 5.83. The molecule has 3 aromatic rings. The van der Waals surface area contributed by atoms with Crippen molar-refractivity contribution in [2.45, 2.75) is 62.8 Å². The summed E-state index contributed by atoms with van der Waals surface area (Å²) >= 11 is 12.4. The number of amides is 1. The second kappa shape index (κ2) is 10.7. The van der Waals surface area contributed by atoms with Crippen LogP contribution < -0.4 is 16.0 Å². The van der Waals surface area contributed by atoms with E-state index in [1.165, 1.54) is 12.1 Å². The topological polar surface area (TPSA) is 83.9 Å². The number of piperidine rings is 1. The monoisotopic (exact) mass is 554 g/mol. The molecule has 37 heavy (non-hydrogen) atoms. The lowest BCUT2D eigenvalue weighted by Gasteiger charge is -2.31. The number of rotatable bonds is 5. The van der Waals surface area contributed by atoms with Gasteiger partial charge in [-0.2, -0.15) is 18.3 Å². The van der Waals surface area contributed by atoms with Gasteiger partial charge in [0.15, 0.2) is 5.15 Å². The molecule has 2 fully saturated rings. The molecule has 0 unspecified atom stereocenters. The van der Waals surface area contributed by atoms with Gasteiger partial charge in [-0.05, 0) is 75.9 Å². The summed E-state index contributed by atoms with van der Waals surface area (Å²) in [7, 11) is 0. The molecule has 3 N–H and O–H groups in total. The summed E-state index contributed by atoms with van der Waals surface area (Å²) in [6, 6.07) is 5.54. The molecule has 1 saturated carbocycles. The Balaban J connectivity index is 1.29. The van der Waals surface area contributed by atoms with E-state index in [0.29, 0.717) is 28.1 Å². The minimum absolute atomic E-state index is 0.141. The zero-order valence-electron chi connectivity index (χ0n) is 19.9. The van der Waals surface area contributed by atoms with Crippen molar-refractivity contribution in [3.8, 4) is 0 Å². The highest BCUT2D eigenvalue weighted by molar-refractivity contribution is 6.32. The molecule has 0 spiro atoms. The normalized spacial score (nSPS) is 21.2. The third-order valence-electron chi connectivity index (χ3n) is 7.04. The first-order valence-corrected chi connectivity index (χ1v) is 13.1. The van der Waals surface area contributed by atoms with E-state index in [4.69, 9.17) is 23.2 Å². The standard InChI is InChI=1S/C25H27Cl2F3N6O/c26-14-4-5-20-18(10-14)21(12-22(34-20)25(28,29)30)32-15-2-1-3-16(11-15)33-24(37)19-13-36(35-23(19)27)17-6-8-31-9-7-17/h4-5,10,12-13,15-17,31H,1-3,6-9,11H2,(H,32,34)(H,33,37)/t15-,16+/m0/s1. The Kier molecular flexibility index (Phi) is 7.51. The Morgan fingerprint density at radius 2 is 1.84 bits per heavy atom. The summed E-state index contributed by atoms with van der Waals surface area (Å²) < 4.78 is 42.2. The van der Waals surface area contributed by atoms with Crippen LogP contribution in [0.5, 0.6) is 0 Å². The Morgan fingerprint density at radius 3 is 2.59 bits per heavy atom. The van der Waals surface area contributed by atoms with Gasteiger partial charge in [0.25, 0.3) is 5.91 Å². The maximum absolute atomic E-state index is 13.5. The largest absolute Gasteiger partial charge is 0.433 e. The Bertz CT molecular complexity index is 1290. The molecule has 1 amide bonds. The van der Waals surface area contributed by atoms with E-state index in [0.717, 1.165) is 51.3 Å². The van der Waals surface area contributed by atoms with Crippen molar-refractivity contribution in [2.24, 2.45) is 0 Å². The molecule has 1 aliphatic heterocycles. The Labute approximate surface area is 222 Å². The lowest BCUT2D eigenvalue weighted by molar-refractivity contribution is -0.140. The SMILES string of the molecule is O=C(N[C@@H]1CCC[C@H](Nc2cc(C(F)(F)F)nc3ccc(Cl)cc23)C1)c1cn(C2CCNCC2)nc1Cl. The van der Waals surface area contributed by atoms with Crippen LogP contribution in [0, 0.1) is 0 Å². The predicted molar refractivity (Wildman–Crippen MR) is 137 cm³/mol. The number of nitrogens with zero attached hydrogens (tertiary/aromatic N) is 3. The van der Waals surface area contributed by atoms with Crippen molar-refractivity contribution < 1.29 is 18.0 Å². The average molecular weight is 555 g/mol. The van der Waals surface area contributed by atoms with Gasteiger partial charge >= 0.3 is 6.18 Å². The second-order valence-corrected chi connectivity index (χ2v) is 10.5. The molecular formula is C25H27Cl2F3N6O. The summed E-state index contributed by atoms with van der Waals surface area (Å²) in [5.74, 6) is -0.295. The molecule has 0 bridgehead atoms. The molecule has 7 nitrogen and oxygen atoms in total. The zero-order chi connectivity index (χ0) is 26.2. The van der Waals surface area contributed by atoms with Crippen LogP contribution in [0.1, 0.15) is 60.6 Å². The molecule has 12 heteroatoms. The number of hydrogen-bond donors (Lipinski definition) is 3. The summed E-state index contributed by atoms with van der Waals surface area (Å²) in [6.45, 7) is 1.78. The van der Waals surface area contributed by atoms with Gasteiger partial charge in [-0.3, -0.25) is 9.48 Å². The third kappa shape index (κ3) is 5.97. The third-order valence-corrected chi connectivity index (χ3v) is 7.56. The number of benzene rings is 1. The lowest BCUT2D eigenvalue weighted by atomic mass is 9.90. The fraction of sp³-hybridized carbons (Fsp3) is 0.480. The second-order valence-electron chi connectivity index (χ2n) is 9.69. The van der Waals surface area contributed by atoms with E-state index < -0.39 is 11.9 Å². The molecule has 2 aliphatic rings. The van der Waals surface area contributed by atoms with E-state index >= 15 is 0 Å². The van der Waals surface area contributed by atoms with Gasteiger partial charge in [-0.1, -0.05) is 23.2 Å². The van der Waals surface area contributed by atoms with E-state index in [-0.39, 0.29) is 34.7 Å². The van der Waals surface area contributed by atoms with Gasteiger partial charge in [0, 0.05) is 34.4 Å². The zero-order valence-corrected chi connectivity index (χ0v) is 21.4. The van der Waals surface area contributed by atoms with Crippen LogP contribution >= 0.6 is 23.2 Å². The highest BCUT2D eigenvalue weighted by atomic mass is 35.5. The number of fused-ring (bicyclic) bond motifs is 1. The molecule has 198 valence electrons. The summed E-state index contributed by atoms with van der Waals surface area (Å²) in [5, 5.41) is 15.1. The molecule has 1 saturated heterocycles. The minimum atomic E-state index is -4.58. The number of hydrogen-bond acceptors (Lipinski definition) is 5. The van der Waals surface area contributed by atoms with E-state index in [1.807, 2.05) is 0 Å². The van der Waals surface area contributed by atoms with Crippen LogP contribution in [0.2, 0.25) is 10.2 Å². The van der Waals surface area contributed by atoms with Crippen LogP contribution in [-0.2, 0) is 6.18 Å². The summed E-state index contributed by atoms with van der Waals surface area (Å²) in [6.07, 6.45) is 1.84. The van der Waals surface area contributed by atoms with Gasteiger partial charge in [0.2, 0.25) is 0 Å². The van der Waals surface area contributed by atoms with Crippen LogP contribution in [-0.4, -0.2) is 45.8 Å². The first-order chi connectivity index (χ1) is 17.7. The number of carbonyl (C=O) groups excluding carboxylic acids is 1. The van der Waals surface area contributed by atoms with Gasteiger partial charge in [-0.15, -0.1) is 0 Å². The molecule has 2 atom stereocenters. The van der Waals surface area contributed by atoms with Crippen molar-refractivity contribution >= 4 is 45.7 Å². The molecule has 0 radical (unpaired) electrons. The number of halogens is 5. The molecule has 3 heterocycles.